The molecule has 0 amide bonds. The molecule has 0 aromatic carbocycles. The molecule has 0 aliphatic heterocycles. The molecule has 1 N–H and O–H groups in total. The largest absolute Gasteiger partial charge is 0.302 e. The molecule has 1 saturated carbocycles. The molecule has 2 rings (SSSR count). The lowest BCUT2D eigenvalue weighted by Gasteiger charge is -2.28. The Morgan fingerprint density at radius 2 is 2.50 bits per heavy atom. The highest BCUT2D eigenvalue weighted by Gasteiger charge is 2.41. The maximum Gasteiger partial charge on any atom is 0.109 e. The number of hydrogen-bond acceptors (Lipinski definition) is 3. The Morgan fingerprint density at radius 1 is 1.72 bits per heavy atom. The van der Waals surface area contributed by atoms with Gasteiger partial charge in [0.05, 0.1) is 23.0 Å². The number of halogens is 1. The highest BCUT2D eigenvalue weighted by molar-refractivity contribution is 6.31. The molecule has 0 spiro atoms. The number of hydrogen-bond donors (Lipinski definition) is 1. The molecule has 18 heavy (non-hydrogen) atoms. The zero-order valence-corrected chi connectivity index (χ0v) is 11.7. The highest BCUT2D eigenvalue weighted by atomic mass is 35.5. The second kappa shape index (κ2) is 5.29. The summed E-state index contributed by atoms with van der Waals surface area (Å²) >= 11 is 5.99. The van der Waals surface area contributed by atoms with E-state index in [2.05, 4.69) is 16.5 Å². The molecule has 5 heteroatoms. The molecule has 1 aliphatic rings. The van der Waals surface area contributed by atoms with Gasteiger partial charge in [-0.2, -0.15) is 10.4 Å². The van der Waals surface area contributed by atoms with E-state index in [9.17, 15) is 5.26 Å². The standard InChI is InChI=1S/C13H19ClN4/c1-10-12(14)8-17-18(10)7-5-11-4-3-6-13(11,9-15)16-2/h8,11,16H,3-7H2,1-2H3. The van der Waals surface area contributed by atoms with Crippen LogP contribution in [0, 0.1) is 24.2 Å². The summed E-state index contributed by atoms with van der Waals surface area (Å²) in [5.74, 6) is 0.398. The van der Waals surface area contributed by atoms with Crippen molar-refractivity contribution in [2.45, 2.75) is 44.7 Å². The van der Waals surface area contributed by atoms with Crippen molar-refractivity contribution in [3.63, 3.8) is 0 Å². The maximum absolute atomic E-state index is 9.39. The van der Waals surface area contributed by atoms with E-state index < -0.39 is 0 Å². The Balaban J connectivity index is 2.02. The van der Waals surface area contributed by atoms with Crippen molar-refractivity contribution in [1.29, 1.82) is 5.26 Å². The molecule has 1 fully saturated rings. The Kier molecular flexibility index (Phi) is 3.94. The number of rotatable bonds is 4. The first-order valence-corrected chi connectivity index (χ1v) is 6.79. The summed E-state index contributed by atoms with van der Waals surface area (Å²) in [5.41, 5.74) is 0.659. The van der Waals surface area contributed by atoms with E-state index in [0.29, 0.717) is 10.9 Å². The summed E-state index contributed by atoms with van der Waals surface area (Å²) in [7, 11) is 1.89. The van der Waals surface area contributed by atoms with Crippen LogP contribution in [0.3, 0.4) is 0 Å². The van der Waals surface area contributed by atoms with Crippen LogP contribution in [0.4, 0.5) is 0 Å². The van der Waals surface area contributed by atoms with E-state index in [1.165, 1.54) is 0 Å². The molecule has 0 bridgehead atoms. The molecule has 1 aromatic rings. The lowest BCUT2D eigenvalue weighted by molar-refractivity contribution is 0.302. The van der Waals surface area contributed by atoms with Crippen LogP contribution in [0.2, 0.25) is 5.02 Å². The molecule has 1 aliphatic carbocycles. The monoisotopic (exact) mass is 266 g/mol. The van der Waals surface area contributed by atoms with Crippen molar-refractivity contribution in [1.82, 2.24) is 15.1 Å². The molecule has 2 unspecified atom stereocenters. The van der Waals surface area contributed by atoms with Gasteiger partial charge in [-0.25, -0.2) is 0 Å². The molecule has 4 nitrogen and oxygen atoms in total. The summed E-state index contributed by atoms with van der Waals surface area (Å²) in [5, 5.41) is 17.6. The summed E-state index contributed by atoms with van der Waals surface area (Å²) in [4.78, 5) is 0. The predicted octanol–water partition coefficient (Wildman–Crippen LogP) is 2.52. The summed E-state index contributed by atoms with van der Waals surface area (Å²) < 4.78 is 1.93. The third-order valence-electron chi connectivity index (χ3n) is 4.20. The topological polar surface area (TPSA) is 53.6 Å². The number of aryl methyl sites for hydroxylation is 1. The molecule has 1 aromatic heterocycles. The average molecular weight is 267 g/mol. The lowest BCUT2D eigenvalue weighted by atomic mass is 9.86. The highest BCUT2D eigenvalue weighted by Crippen LogP contribution is 2.37. The van der Waals surface area contributed by atoms with Gasteiger partial charge in [-0.15, -0.1) is 0 Å². The van der Waals surface area contributed by atoms with Gasteiger partial charge in [0.2, 0.25) is 0 Å². The first kappa shape index (κ1) is 13.4. The van der Waals surface area contributed by atoms with Crippen LogP contribution in [0.1, 0.15) is 31.4 Å². The second-order valence-corrected chi connectivity index (χ2v) is 5.42. The van der Waals surface area contributed by atoms with Crippen LogP contribution in [-0.2, 0) is 6.54 Å². The van der Waals surface area contributed by atoms with Crippen molar-refractivity contribution >= 4 is 11.6 Å². The van der Waals surface area contributed by atoms with Gasteiger partial charge >= 0.3 is 0 Å². The SMILES string of the molecule is CNC1(C#N)CCCC1CCn1ncc(Cl)c1C. The Morgan fingerprint density at radius 3 is 3.06 bits per heavy atom. The van der Waals surface area contributed by atoms with Crippen LogP contribution >= 0.6 is 11.6 Å². The minimum atomic E-state index is -0.342. The Hall–Kier alpha value is -1.05. The van der Waals surface area contributed by atoms with Crippen LogP contribution < -0.4 is 5.32 Å². The lowest BCUT2D eigenvalue weighted by Crippen LogP contribution is -2.45. The van der Waals surface area contributed by atoms with Gasteiger partial charge < -0.3 is 5.32 Å². The second-order valence-electron chi connectivity index (χ2n) is 5.01. The number of nitrogens with zero attached hydrogens (tertiary/aromatic N) is 3. The average Bonchev–Trinajstić information content (AvgIpc) is 2.93. The van der Waals surface area contributed by atoms with Crippen molar-refractivity contribution < 1.29 is 0 Å². The fraction of sp³-hybridized carbons (Fsp3) is 0.692. The zero-order valence-electron chi connectivity index (χ0n) is 10.9. The summed E-state index contributed by atoms with van der Waals surface area (Å²) in [6.07, 6.45) is 5.83. The minimum Gasteiger partial charge on any atom is -0.302 e. The number of aromatic nitrogens is 2. The van der Waals surface area contributed by atoms with Crippen LogP contribution in [0.25, 0.3) is 0 Å². The van der Waals surface area contributed by atoms with E-state index >= 15 is 0 Å². The number of nitrogens with one attached hydrogen (secondary N) is 1. The molecule has 1 heterocycles. The van der Waals surface area contributed by atoms with E-state index in [4.69, 9.17) is 11.6 Å². The van der Waals surface area contributed by atoms with Gasteiger partial charge in [-0.1, -0.05) is 18.0 Å². The van der Waals surface area contributed by atoms with E-state index in [0.717, 1.165) is 37.9 Å². The van der Waals surface area contributed by atoms with Crippen LogP contribution in [-0.4, -0.2) is 22.4 Å². The van der Waals surface area contributed by atoms with Crippen molar-refractivity contribution in [3.05, 3.63) is 16.9 Å². The third kappa shape index (κ3) is 2.25. The molecule has 2 atom stereocenters. The van der Waals surface area contributed by atoms with Gasteiger partial charge in [-0.3, -0.25) is 4.68 Å². The normalized spacial score (nSPS) is 27.3. The minimum absolute atomic E-state index is 0.342. The van der Waals surface area contributed by atoms with Crippen molar-refractivity contribution in [3.8, 4) is 6.07 Å². The summed E-state index contributed by atoms with van der Waals surface area (Å²) in [6, 6.07) is 2.47. The Bertz CT molecular complexity index is 462. The van der Waals surface area contributed by atoms with E-state index in [-0.39, 0.29) is 5.54 Å². The van der Waals surface area contributed by atoms with E-state index in [1.807, 2.05) is 18.7 Å². The van der Waals surface area contributed by atoms with Gasteiger partial charge in [-0.05, 0) is 39.2 Å². The molecule has 98 valence electrons. The molecular formula is C13H19ClN4. The predicted molar refractivity (Wildman–Crippen MR) is 71.3 cm³/mol. The summed E-state index contributed by atoms with van der Waals surface area (Å²) in [6.45, 7) is 2.80. The van der Waals surface area contributed by atoms with Gasteiger partial charge in [0.25, 0.3) is 0 Å². The fourth-order valence-electron chi connectivity index (χ4n) is 2.93. The third-order valence-corrected chi connectivity index (χ3v) is 4.57. The maximum atomic E-state index is 9.39. The molecule has 0 radical (unpaired) electrons. The molecular weight excluding hydrogens is 248 g/mol. The van der Waals surface area contributed by atoms with Gasteiger partial charge in [0, 0.05) is 6.54 Å². The Labute approximate surface area is 113 Å². The van der Waals surface area contributed by atoms with Crippen LogP contribution in [0.15, 0.2) is 6.20 Å². The van der Waals surface area contributed by atoms with E-state index in [1.54, 1.807) is 6.20 Å². The first-order chi connectivity index (χ1) is 8.63. The quantitative estimate of drug-likeness (QED) is 0.911. The van der Waals surface area contributed by atoms with Gasteiger partial charge in [0.15, 0.2) is 0 Å². The zero-order chi connectivity index (χ0) is 13.2. The van der Waals surface area contributed by atoms with Gasteiger partial charge in [0.1, 0.15) is 5.54 Å². The van der Waals surface area contributed by atoms with Crippen molar-refractivity contribution in [2.75, 3.05) is 7.05 Å². The van der Waals surface area contributed by atoms with Crippen molar-refractivity contribution in [2.24, 2.45) is 5.92 Å². The first-order valence-electron chi connectivity index (χ1n) is 6.41. The number of nitriles is 1. The molecule has 0 saturated heterocycles. The smallest absolute Gasteiger partial charge is 0.109 e. The fourth-order valence-corrected chi connectivity index (χ4v) is 3.07. The van der Waals surface area contributed by atoms with Crippen LogP contribution in [0.5, 0.6) is 0 Å².